The Kier molecular flexibility index (Phi) is 3.38. The molecule has 6 nitrogen and oxygen atoms in total. The normalized spacial score (nSPS) is 18.1. The van der Waals surface area contributed by atoms with Crippen molar-refractivity contribution in [3.63, 3.8) is 0 Å². The lowest BCUT2D eigenvalue weighted by Crippen LogP contribution is -2.44. The third-order valence-electron chi connectivity index (χ3n) is 3.85. The fourth-order valence-electron chi connectivity index (χ4n) is 2.49. The minimum Gasteiger partial charge on any atom is -0.475 e. The highest BCUT2D eigenvalue weighted by Gasteiger charge is 2.42. The van der Waals surface area contributed by atoms with Crippen LogP contribution < -0.4 is 10.6 Å². The van der Waals surface area contributed by atoms with Gasteiger partial charge in [0.1, 0.15) is 5.76 Å². The second-order valence-corrected chi connectivity index (χ2v) is 5.60. The van der Waals surface area contributed by atoms with Gasteiger partial charge in [-0.15, -0.1) is 0 Å². The molecule has 1 aromatic rings. The Balaban J connectivity index is 1.47. The van der Waals surface area contributed by atoms with E-state index in [4.69, 9.17) is 9.52 Å². The van der Waals surface area contributed by atoms with E-state index in [9.17, 15) is 9.59 Å². The SMILES string of the molecule is O=C(NCc1ccc(C(=O)O)o1)NC(C1CC1)C1CC1. The number of urea groups is 1. The first-order valence-corrected chi connectivity index (χ1v) is 7.00. The average molecular weight is 278 g/mol. The van der Waals surface area contributed by atoms with Gasteiger partial charge in [0.15, 0.2) is 0 Å². The number of amides is 2. The minimum atomic E-state index is -1.11. The lowest BCUT2D eigenvalue weighted by Gasteiger charge is -2.17. The van der Waals surface area contributed by atoms with Crippen molar-refractivity contribution in [1.29, 1.82) is 0 Å². The molecule has 0 bridgehead atoms. The Bertz CT molecular complexity index is 505. The molecular formula is C14H18N2O4. The molecule has 0 aliphatic heterocycles. The lowest BCUT2D eigenvalue weighted by atomic mass is 10.1. The quantitative estimate of drug-likeness (QED) is 0.741. The van der Waals surface area contributed by atoms with E-state index >= 15 is 0 Å². The van der Waals surface area contributed by atoms with Crippen molar-refractivity contribution in [3.8, 4) is 0 Å². The first-order chi connectivity index (χ1) is 9.63. The van der Waals surface area contributed by atoms with Crippen molar-refractivity contribution in [2.24, 2.45) is 11.8 Å². The summed E-state index contributed by atoms with van der Waals surface area (Å²) in [5.74, 6) is 0.511. The molecular weight excluding hydrogens is 260 g/mol. The van der Waals surface area contributed by atoms with Crippen molar-refractivity contribution in [2.75, 3.05) is 0 Å². The molecule has 3 rings (SSSR count). The second-order valence-electron chi connectivity index (χ2n) is 5.60. The molecule has 0 saturated heterocycles. The summed E-state index contributed by atoms with van der Waals surface area (Å²) >= 11 is 0. The smallest absolute Gasteiger partial charge is 0.371 e. The standard InChI is InChI=1S/C14H18N2O4/c17-13(18)11-6-5-10(20-11)7-15-14(19)16-12(8-1-2-8)9-3-4-9/h5-6,8-9,12H,1-4,7H2,(H,17,18)(H2,15,16,19). The molecule has 0 spiro atoms. The Morgan fingerprint density at radius 1 is 1.25 bits per heavy atom. The molecule has 1 heterocycles. The molecule has 3 N–H and O–H groups in total. The highest BCUT2D eigenvalue weighted by atomic mass is 16.4. The monoisotopic (exact) mass is 278 g/mol. The van der Waals surface area contributed by atoms with Crippen molar-refractivity contribution in [1.82, 2.24) is 10.6 Å². The van der Waals surface area contributed by atoms with E-state index in [1.165, 1.54) is 31.7 Å². The van der Waals surface area contributed by atoms with Gasteiger partial charge in [-0.3, -0.25) is 0 Å². The topological polar surface area (TPSA) is 91.6 Å². The third kappa shape index (κ3) is 3.12. The first-order valence-electron chi connectivity index (χ1n) is 7.00. The maximum atomic E-state index is 11.9. The minimum absolute atomic E-state index is 0.115. The molecule has 20 heavy (non-hydrogen) atoms. The molecule has 0 atom stereocenters. The summed E-state index contributed by atoms with van der Waals surface area (Å²) in [7, 11) is 0. The molecule has 0 radical (unpaired) electrons. The first kappa shape index (κ1) is 13.0. The maximum Gasteiger partial charge on any atom is 0.371 e. The summed E-state index contributed by atoms with van der Waals surface area (Å²) in [6, 6.07) is 3.04. The highest BCUT2D eigenvalue weighted by Crippen LogP contribution is 2.44. The van der Waals surface area contributed by atoms with Crippen LogP contribution in [0.2, 0.25) is 0 Å². The molecule has 2 aliphatic carbocycles. The van der Waals surface area contributed by atoms with Crippen LogP contribution in [-0.4, -0.2) is 23.1 Å². The van der Waals surface area contributed by atoms with Gasteiger partial charge in [0, 0.05) is 6.04 Å². The fraction of sp³-hybridized carbons (Fsp3) is 0.571. The Hall–Kier alpha value is -1.98. The molecule has 2 amide bonds. The average Bonchev–Trinajstić information content (AvgIpc) is 3.32. The molecule has 2 fully saturated rings. The highest BCUT2D eigenvalue weighted by molar-refractivity contribution is 5.84. The number of hydrogen-bond acceptors (Lipinski definition) is 3. The Labute approximate surface area is 116 Å². The van der Waals surface area contributed by atoms with Gasteiger partial charge in [-0.1, -0.05) is 0 Å². The summed E-state index contributed by atoms with van der Waals surface area (Å²) < 4.78 is 5.08. The number of hydrogen-bond donors (Lipinski definition) is 3. The maximum absolute atomic E-state index is 11.9. The van der Waals surface area contributed by atoms with Gasteiger partial charge in [-0.05, 0) is 49.7 Å². The largest absolute Gasteiger partial charge is 0.475 e. The Morgan fingerprint density at radius 3 is 2.40 bits per heavy atom. The number of furan rings is 1. The van der Waals surface area contributed by atoms with E-state index in [0.717, 1.165) is 0 Å². The summed E-state index contributed by atoms with van der Waals surface area (Å²) in [6.45, 7) is 0.196. The molecule has 0 unspecified atom stereocenters. The van der Waals surface area contributed by atoms with E-state index in [-0.39, 0.29) is 18.3 Å². The molecule has 2 saturated carbocycles. The van der Waals surface area contributed by atoms with Crippen LogP contribution in [0.4, 0.5) is 4.79 Å². The van der Waals surface area contributed by atoms with Gasteiger partial charge < -0.3 is 20.2 Å². The molecule has 108 valence electrons. The summed E-state index contributed by atoms with van der Waals surface area (Å²) in [5.41, 5.74) is 0. The van der Waals surface area contributed by atoms with Crippen molar-refractivity contribution in [2.45, 2.75) is 38.3 Å². The third-order valence-corrected chi connectivity index (χ3v) is 3.85. The molecule has 1 aromatic heterocycles. The van der Waals surface area contributed by atoms with E-state index < -0.39 is 5.97 Å². The summed E-state index contributed by atoms with van der Waals surface area (Å²) in [4.78, 5) is 22.5. The van der Waals surface area contributed by atoms with E-state index in [1.54, 1.807) is 6.07 Å². The van der Waals surface area contributed by atoms with Crippen LogP contribution in [0.1, 0.15) is 42.0 Å². The van der Waals surface area contributed by atoms with Gasteiger partial charge in [0.05, 0.1) is 6.54 Å². The van der Waals surface area contributed by atoms with E-state index in [2.05, 4.69) is 10.6 Å². The van der Waals surface area contributed by atoms with Crippen LogP contribution in [0.3, 0.4) is 0 Å². The van der Waals surface area contributed by atoms with Crippen LogP contribution in [0, 0.1) is 11.8 Å². The summed E-state index contributed by atoms with van der Waals surface area (Å²) in [6.07, 6.45) is 4.84. The number of carbonyl (C=O) groups excluding carboxylic acids is 1. The Morgan fingerprint density at radius 2 is 1.90 bits per heavy atom. The number of carboxylic acid groups (broad SMARTS) is 1. The zero-order valence-electron chi connectivity index (χ0n) is 11.1. The van der Waals surface area contributed by atoms with Crippen LogP contribution >= 0.6 is 0 Å². The van der Waals surface area contributed by atoms with Gasteiger partial charge >= 0.3 is 12.0 Å². The van der Waals surface area contributed by atoms with E-state index in [1.807, 2.05) is 0 Å². The molecule has 6 heteroatoms. The second kappa shape index (κ2) is 5.19. The molecule has 2 aliphatic rings. The van der Waals surface area contributed by atoms with Gasteiger partial charge in [-0.25, -0.2) is 9.59 Å². The van der Waals surface area contributed by atoms with Crippen LogP contribution in [0.5, 0.6) is 0 Å². The van der Waals surface area contributed by atoms with Gasteiger partial charge in [0.25, 0.3) is 0 Å². The number of aromatic carboxylic acids is 1. The van der Waals surface area contributed by atoms with Crippen LogP contribution in [0.15, 0.2) is 16.5 Å². The van der Waals surface area contributed by atoms with Gasteiger partial charge in [-0.2, -0.15) is 0 Å². The van der Waals surface area contributed by atoms with Crippen LogP contribution in [0.25, 0.3) is 0 Å². The zero-order valence-corrected chi connectivity index (χ0v) is 11.1. The van der Waals surface area contributed by atoms with Gasteiger partial charge in [0.2, 0.25) is 5.76 Å². The van der Waals surface area contributed by atoms with Crippen molar-refractivity contribution < 1.29 is 19.1 Å². The number of carboxylic acids is 1. The predicted molar refractivity (Wildman–Crippen MR) is 70.3 cm³/mol. The number of nitrogens with one attached hydrogen (secondary N) is 2. The van der Waals surface area contributed by atoms with Crippen LogP contribution in [-0.2, 0) is 6.54 Å². The number of carbonyl (C=O) groups is 2. The van der Waals surface area contributed by atoms with E-state index in [0.29, 0.717) is 23.6 Å². The van der Waals surface area contributed by atoms with Crippen molar-refractivity contribution in [3.05, 3.63) is 23.7 Å². The lowest BCUT2D eigenvalue weighted by molar-refractivity contribution is 0.0660. The zero-order chi connectivity index (χ0) is 14.1. The fourth-order valence-corrected chi connectivity index (χ4v) is 2.49. The predicted octanol–water partition coefficient (Wildman–Crippen LogP) is 1.97. The molecule has 0 aromatic carbocycles. The van der Waals surface area contributed by atoms with Crippen molar-refractivity contribution >= 4 is 12.0 Å². The number of rotatable bonds is 6. The summed E-state index contributed by atoms with van der Waals surface area (Å²) in [5, 5.41) is 14.5.